The van der Waals surface area contributed by atoms with Gasteiger partial charge in [0.1, 0.15) is 17.2 Å². The molecule has 0 spiro atoms. The van der Waals surface area contributed by atoms with Crippen LogP contribution in [0.1, 0.15) is 9.67 Å². The van der Waals surface area contributed by atoms with E-state index in [9.17, 15) is 9.59 Å². The van der Waals surface area contributed by atoms with Crippen LogP contribution in [0.3, 0.4) is 0 Å². The standard InChI is InChI=1S/C18H22N4O4S/c19-17(23)16-14(21-18(20)24)11-15(27-16)12-1-3-13(4-2-12)26-10-7-22-5-8-25-9-6-22/h1-4,11H,5-10H2,(H2,19,23)(H3,20,21,24). The van der Waals surface area contributed by atoms with E-state index < -0.39 is 11.9 Å². The molecule has 1 aromatic carbocycles. The molecule has 9 heteroatoms. The maximum absolute atomic E-state index is 11.6. The molecule has 2 heterocycles. The highest BCUT2D eigenvalue weighted by Gasteiger charge is 2.16. The number of thiophene rings is 1. The van der Waals surface area contributed by atoms with Gasteiger partial charge in [-0.25, -0.2) is 4.79 Å². The van der Waals surface area contributed by atoms with Gasteiger partial charge < -0.3 is 26.3 Å². The minimum Gasteiger partial charge on any atom is -0.492 e. The summed E-state index contributed by atoms with van der Waals surface area (Å²) in [4.78, 5) is 26.0. The van der Waals surface area contributed by atoms with Crippen LogP contribution in [0.25, 0.3) is 10.4 Å². The van der Waals surface area contributed by atoms with Crippen molar-refractivity contribution in [1.82, 2.24) is 4.90 Å². The van der Waals surface area contributed by atoms with Gasteiger partial charge in [-0.05, 0) is 35.9 Å². The fourth-order valence-electron chi connectivity index (χ4n) is 2.77. The van der Waals surface area contributed by atoms with Crippen LogP contribution in [0.15, 0.2) is 30.3 Å². The smallest absolute Gasteiger partial charge is 0.316 e. The Morgan fingerprint density at radius 1 is 1.19 bits per heavy atom. The first kappa shape index (κ1) is 19.2. The second kappa shape index (κ2) is 8.85. The van der Waals surface area contributed by atoms with Crippen LogP contribution in [-0.2, 0) is 4.74 Å². The Balaban J connectivity index is 1.62. The molecule has 1 fully saturated rings. The number of carbonyl (C=O) groups is 2. The molecule has 27 heavy (non-hydrogen) atoms. The number of amides is 3. The van der Waals surface area contributed by atoms with Crippen LogP contribution in [-0.4, -0.2) is 56.3 Å². The summed E-state index contributed by atoms with van der Waals surface area (Å²) in [5.41, 5.74) is 11.7. The Morgan fingerprint density at radius 3 is 2.52 bits per heavy atom. The van der Waals surface area contributed by atoms with Crippen LogP contribution >= 0.6 is 11.3 Å². The summed E-state index contributed by atoms with van der Waals surface area (Å²) in [6.07, 6.45) is 0. The van der Waals surface area contributed by atoms with Crippen molar-refractivity contribution in [1.29, 1.82) is 0 Å². The first-order valence-corrected chi connectivity index (χ1v) is 9.38. The van der Waals surface area contributed by atoms with Crippen molar-refractivity contribution in [2.45, 2.75) is 0 Å². The monoisotopic (exact) mass is 390 g/mol. The van der Waals surface area contributed by atoms with Crippen molar-refractivity contribution < 1.29 is 19.1 Å². The number of primary amides is 2. The number of hydrogen-bond acceptors (Lipinski definition) is 6. The minimum atomic E-state index is -0.745. The Morgan fingerprint density at radius 2 is 1.89 bits per heavy atom. The lowest BCUT2D eigenvalue weighted by molar-refractivity contribution is 0.0322. The molecule has 0 saturated carbocycles. The number of benzene rings is 1. The lowest BCUT2D eigenvalue weighted by Gasteiger charge is -2.26. The molecule has 8 nitrogen and oxygen atoms in total. The number of anilines is 1. The largest absolute Gasteiger partial charge is 0.492 e. The Labute approximate surface area is 161 Å². The molecule has 2 aromatic rings. The maximum Gasteiger partial charge on any atom is 0.316 e. The molecule has 0 unspecified atom stereocenters. The van der Waals surface area contributed by atoms with Crippen molar-refractivity contribution in [3.63, 3.8) is 0 Å². The van der Waals surface area contributed by atoms with Gasteiger partial charge in [0, 0.05) is 24.5 Å². The lowest BCUT2D eigenvalue weighted by atomic mass is 10.2. The molecule has 0 radical (unpaired) electrons. The highest BCUT2D eigenvalue weighted by Crippen LogP contribution is 2.35. The van der Waals surface area contributed by atoms with E-state index in [1.807, 2.05) is 24.3 Å². The fourth-order valence-corrected chi connectivity index (χ4v) is 3.75. The van der Waals surface area contributed by atoms with Crippen LogP contribution < -0.4 is 21.5 Å². The quantitative estimate of drug-likeness (QED) is 0.665. The maximum atomic E-state index is 11.6. The highest BCUT2D eigenvalue weighted by atomic mass is 32.1. The predicted molar refractivity (Wildman–Crippen MR) is 104 cm³/mol. The molecule has 3 rings (SSSR count). The van der Waals surface area contributed by atoms with Crippen LogP contribution in [0.5, 0.6) is 5.75 Å². The number of rotatable bonds is 7. The van der Waals surface area contributed by atoms with E-state index in [0.717, 1.165) is 49.0 Å². The van der Waals surface area contributed by atoms with Gasteiger partial charge >= 0.3 is 6.03 Å². The molecule has 1 aromatic heterocycles. The summed E-state index contributed by atoms with van der Waals surface area (Å²) in [5, 5.41) is 2.43. The van der Waals surface area contributed by atoms with E-state index in [1.54, 1.807) is 6.07 Å². The van der Waals surface area contributed by atoms with Crippen LogP contribution in [0.2, 0.25) is 0 Å². The molecule has 1 aliphatic rings. The highest BCUT2D eigenvalue weighted by molar-refractivity contribution is 7.18. The van der Waals surface area contributed by atoms with Gasteiger partial charge in [0.2, 0.25) is 0 Å². The summed E-state index contributed by atoms with van der Waals surface area (Å²) in [5.74, 6) is 0.159. The average Bonchev–Trinajstić information content (AvgIpc) is 3.06. The Kier molecular flexibility index (Phi) is 6.28. The van der Waals surface area contributed by atoms with Gasteiger partial charge in [0.05, 0.1) is 18.9 Å². The van der Waals surface area contributed by atoms with Gasteiger partial charge in [0.15, 0.2) is 0 Å². The molecule has 1 saturated heterocycles. The van der Waals surface area contributed by atoms with Crippen molar-refractivity contribution in [2.75, 3.05) is 44.8 Å². The van der Waals surface area contributed by atoms with Crippen molar-refractivity contribution in [2.24, 2.45) is 11.5 Å². The SMILES string of the molecule is NC(=O)Nc1cc(-c2ccc(OCCN3CCOCC3)cc2)sc1C(N)=O. The fraction of sp³-hybridized carbons (Fsp3) is 0.333. The van der Waals surface area contributed by atoms with E-state index in [2.05, 4.69) is 10.2 Å². The van der Waals surface area contributed by atoms with Crippen molar-refractivity contribution in [3.05, 3.63) is 35.2 Å². The summed E-state index contributed by atoms with van der Waals surface area (Å²) >= 11 is 1.20. The molecular formula is C18H22N4O4S. The molecular weight excluding hydrogens is 368 g/mol. The van der Waals surface area contributed by atoms with E-state index in [1.165, 1.54) is 11.3 Å². The van der Waals surface area contributed by atoms with Crippen molar-refractivity contribution >= 4 is 29.0 Å². The second-order valence-electron chi connectivity index (χ2n) is 6.03. The number of urea groups is 1. The number of nitrogens with one attached hydrogen (secondary N) is 1. The first-order valence-electron chi connectivity index (χ1n) is 8.56. The molecule has 0 bridgehead atoms. The predicted octanol–water partition coefficient (Wildman–Crippen LogP) is 1.72. The third-order valence-electron chi connectivity index (χ3n) is 4.13. The average molecular weight is 390 g/mol. The normalized spacial score (nSPS) is 14.7. The van der Waals surface area contributed by atoms with Gasteiger partial charge in [-0.15, -0.1) is 11.3 Å². The van der Waals surface area contributed by atoms with Gasteiger partial charge in [-0.3, -0.25) is 9.69 Å². The zero-order valence-corrected chi connectivity index (χ0v) is 15.6. The summed E-state index contributed by atoms with van der Waals surface area (Å²) in [7, 11) is 0. The third kappa shape index (κ3) is 5.19. The van der Waals surface area contributed by atoms with E-state index in [4.69, 9.17) is 20.9 Å². The molecule has 1 aliphatic heterocycles. The molecule has 144 valence electrons. The Bertz CT molecular complexity index is 800. The first-order chi connectivity index (χ1) is 13.0. The van der Waals surface area contributed by atoms with E-state index in [-0.39, 0.29) is 4.88 Å². The summed E-state index contributed by atoms with van der Waals surface area (Å²) in [6.45, 7) is 4.89. The number of morpholine rings is 1. The third-order valence-corrected chi connectivity index (χ3v) is 5.33. The second-order valence-corrected chi connectivity index (χ2v) is 7.09. The van der Waals surface area contributed by atoms with Crippen LogP contribution in [0, 0.1) is 0 Å². The number of ether oxygens (including phenoxy) is 2. The van der Waals surface area contributed by atoms with Crippen LogP contribution in [0.4, 0.5) is 10.5 Å². The number of hydrogen-bond donors (Lipinski definition) is 3. The molecule has 3 amide bonds. The summed E-state index contributed by atoms with van der Waals surface area (Å²) < 4.78 is 11.1. The van der Waals surface area contributed by atoms with Gasteiger partial charge in [0.25, 0.3) is 5.91 Å². The molecule has 0 aliphatic carbocycles. The minimum absolute atomic E-state index is 0.259. The van der Waals surface area contributed by atoms with Gasteiger partial charge in [-0.1, -0.05) is 0 Å². The zero-order chi connectivity index (χ0) is 19.2. The number of nitrogens with zero attached hydrogens (tertiary/aromatic N) is 1. The number of nitrogens with two attached hydrogens (primary N) is 2. The molecule has 5 N–H and O–H groups in total. The van der Waals surface area contributed by atoms with Gasteiger partial charge in [-0.2, -0.15) is 0 Å². The summed E-state index contributed by atoms with van der Waals surface area (Å²) in [6, 6.07) is 8.48. The number of carbonyl (C=O) groups excluding carboxylic acids is 2. The van der Waals surface area contributed by atoms with E-state index in [0.29, 0.717) is 12.3 Å². The van der Waals surface area contributed by atoms with E-state index >= 15 is 0 Å². The molecule has 0 atom stereocenters. The van der Waals surface area contributed by atoms with Crippen molar-refractivity contribution in [3.8, 4) is 16.2 Å². The lowest BCUT2D eigenvalue weighted by Crippen LogP contribution is -2.38. The Hall–Kier alpha value is -2.62. The zero-order valence-electron chi connectivity index (χ0n) is 14.8. The topological polar surface area (TPSA) is 120 Å².